The first-order chi connectivity index (χ1) is 7.31. The summed E-state index contributed by atoms with van der Waals surface area (Å²) in [5.74, 6) is 0.535. The second-order valence-corrected chi connectivity index (χ2v) is 4.54. The van der Waals surface area contributed by atoms with Gasteiger partial charge in [0.05, 0.1) is 0 Å². The molecule has 2 rings (SSSR count). The standard InChI is InChI=1S/C11H20N2O2.ClH/c12-7-8-3-1-4-9(8)13-11(14)10-5-2-6-15-10;/h8-10H,1-7,12H2,(H,13,14);1H. The Bertz CT molecular complexity index is 232. The molecule has 0 bridgehead atoms. The van der Waals surface area contributed by atoms with Gasteiger partial charge < -0.3 is 15.8 Å². The van der Waals surface area contributed by atoms with Crippen molar-refractivity contribution in [2.24, 2.45) is 11.7 Å². The van der Waals surface area contributed by atoms with Crippen LogP contribution in [0.2, 0.25) is 0 Å². The van der Waals surface area contributed by atoms with Gasteiger partial charge in [-0.25, -0.2) is 0 Å². The fourth-order valence-electron chi connectivity index (χ4n) is 2.57. The number of halogens is 1. The summed E-state index contributed by atoms with van der Waals surface area (Å²) in [7, 11) is 0. The summed E-state index contributed by atoms with van der Waals surface area (Å²) in [5.41, 5.74) is 5.67. The van der Waals surface area contributed by atoms with E-state index in [1.54, 1.807) is 0 Å². The Morgan fingerprint density at radius 3 is 2.75 bits per heavy atom. The van der Waals surface area contributed by atoms with E-state index in [1.807, 2.05) is 0 Å². The third-order valence-corrected chi connectivity index (χ3v) is 3.51. The van der Waals surface area contributed by atoms with E-state index >= 15 is 0 Å². The van der Waals surface area contributed by atoms with Crippen molar-refractivity contribution >= 4 is 18.3 Å². The summed E-state index contributed by atoms with van der Waals surface area (Å²) < 4.78 is 5.35. The van der Waals surface area contributed by atoms with Gasteiger partial charge in [0.1, 0.15) is 6.10 Å². The molecule has 94 valence electrons. The average Bonchev–Trinajstić information content (AvgIpc) is 2.87. The van der Waals surface area contributed by atoms with Crippen LogP contribution in [0.4, 0.5) is 0 Å². The highest BCUT2D eigenvalue weighted by Crippen LogP contribution is 2.25. The zero-order chi connectivity index (χ0) is 10.7. The maximum Gasteiger partial charge on any atom is 0.249 e. The van der Waals surface area contributed by atoms with Gasteiger partial charge in [0.25, 0.3) is 0 Å². The van der Waals surface area contributed by atoms with E-state index in [2.05, 4.69) is 5.32 Å². The highest BCUT2D eigenvalue weighted by molar-refractivity contribution is 5.85. The third kappa shape index (κ3) is 3.09. The second-order valence-electron chi connectivity index (χ2n) is 4.54. The lowest BCUT2D eigenvalue weighted by Crippen LogP contribution is -2.44. The molecule has 1 heterocycles. The van der Waals surface area contributed by atoms with Gasteiger partial charge in [0.2, 0.25) is 5.91 Å². The Kier molecular flexibility index (Phi) is 5.52. The fourth-order valence-corrected chi connectivity index (χ4v) is 2.57. The molecule has 0 aromatic heterocycles. The molecule has 2 fully saturated rings. The lowest BCUT2D eigenvalue weighted by Gasteiger charge is -2.21. The second kappa shape index (κ2) is 6.42. The van der Waals surface area contributed by atoms with E-state index < -0.39 is 0 Å². The van der Waals surface area contributed by atoms with E-state index in [-0.39, 0.29) is 30.5 Å². The minimum atomic E-state index is -0.205. The van der Waals surface area contributed by atoms with Gasteiger partial charge in [-0.2, -0.15) is 0 Å². The Morgan fingerprint density at radius 2 is 2.12 bits per heavy atom. The highest BCUT2D eigenvalue weighted by atomic mass is 35.5. The first-order valence-corrected chi connectivity index (χ1v) is 5.93. The first kappa shape index (κ1) is 13.7. The molecular weight excluding hydrogens is 228 g/mol. The summed E-state index contributed by atoms with van der Waals surface area (Å²) in [6, 6.07) is 0.284. The molecule has 3 atom stereocenters. The summed E-state index contributed by atoms with van der Waals surface area (Å²) >= 11 is 0. The predicted molar refractivity (Wildman–Crippen MR) is 64.5 cm³/mol. The van der Waals surface area contributed by atoms with Crippen molar-refractivity contribution in [2.45, 2.75) is 44.2 Å². The molecule has 0 radical (unpaired) electrons. The van der Waals surface area contributed by atoms with Crippen molar-refractivity contribution in [2.75, 3.05) is 13.2 Å². The minimum absolute atomic E-state index is 0. The normalized spacial score (nSPS) is 33.4. The smallest absolute Gasteiger partial charge is 0.249 e. The molecule has 5 heteroatoms. The van der Waals surface area contributed by atoms with Crippen LogP contribution in [0.5, 0.6) is 0 Å². The van der Waals surface area contributed by atoms with Crippen LogP contribution in [0.1, 0.15) is 32.1 Å². The van der Waals surface area contributed by atoms with Gasteiger partial charge in [-0.3, -0.25) is 4.79 Å². The van der Waals surface area contributed by atoms with Crippen LogP contribution in [0.3, 0.4) is 0 Å². The van der Waals surface area contributed by atoms with Crippen LogP contribution in [-0.2, 0) is 9.53 Å². The molecule has 1 aliphatic carbocycles. The van der Waals surface area contributed by atoms with E-state index in [1.165, 1.54) is 6.42 Å². The zero-order valence-electron chi connectivity index (χ0n) is 9.48. The van der Waals surface area contributed by atoms with E-state index in [9.17, 15) is 4.79 Å². The Hall–Kier alpha value is -0.320. The van der Waals surface area contributed by atoms with Crippen LogP contribution in [0.15, 0.2) is 0 Å². The average molecular weight is 249 g/mol. The number of nitrogens with one attached hydrogen (secondary N) is 1. The number of carbonyl (C=O) groups excluding carboxylic acids is 1. The number of amides is 1. The maximum atomic E-state index is 11.8. The van der Waals surface area contributed by atoms with Crippen LogP contribution >= 0.6 is 12.4 Å². The first-order valence-electron chi connectivity index (χ1n) is 5.93. The summed E-state index contributed by atoms with van der Waals surface area (Å²) in [4.78, 5) is 11.8. The van der Waals surface area contributed by atoms with Gasteiger partial charge in [-0.15, -0.1) is 12.4 Å². The molecular formula is C11H21ClN2O2. The van der Waals surface area contributed by atoms with Crippen molar-refractivity contribution in [1.29, 1.82) is 0 Å². The number of rotatable bonds is 3. The molecule has 0 aromatic rings. The van der Waals surface area contributed by atoms with Crippen LogP contribution in [0, 0.1) is 5.92 Å². The number of nitrogens with two attached hydrogens (primary N) is 1. The van der Waals surface area contributed by atoms with E-state index in [0.29, 0.717) is 12.5 Å². The van der Waals surface area contributed by atoms with Gasteiger partial charge in [0.15, 0.2) is 0 Å². The van der Waals surface area contributed by atoms with Crippen LogP contribution < -0.4 is 11.1 Å². The molecule has 1 aliphatic heterocycles. The lowest BCUT2D eigenvalue weighted by atomic mass is 10.0. The molecule has 1 saturated heterocycles. The number of hydrogen-bond donors (Lipinski definition) is 2. The van der Waals surface area contributed by atoms with Gasteiger partial charge in [-0.1, -0.05) is 6.42 Å². The summed E-state index contributed by atoms with van der Waals surface area (Å²) in [5, 5.41) is 3.08. The van der Waals surface area contributed by atoms with E-state index in [4.69, 9.17) is 10.5 Å². The number of hydrogen-bond acceptors (Lipinski definition) is 3. The zero-order valence-corrected chi connectivity index (χ0v) is 10.3. The molecule has 4 nitrogen and oxygen atoms in total. The van der Waals surface area contributed by atoms with Gasteiger partial charge in [-0.05, 0) is 38.1 Å². The van der Waals surface area contributed by atoms with Crippen molar-refractivity contribution < 1.29 is 9.53 Å². The van der Waals surface area contributed by atoms with Gasteiger partial charge in [0, 0.05) is 12.6 Å². The largest absolute Gasteiger partial charge is 0.368 e. The lowest BCUT2D eigenvalue weighted by molar-refractivity contribution is -0.131. The van der Waals surface area contributed by atoms with Crippen molar-refractivity contribution in [3.63, 3.8) is 0 Å². The Balaban J connectivity index is 0.00000128. The SMILES string of the molecule is Cl.NCC1CCCC1NC(=O)C1CCCO1. The molecule has 0 spiro atoms. The molecule has 2 aliphatic rings. The van der Waals surface area contributed by atoms with E-state index in [0.717, 1.165) is 32.3 Å². The van der Waals surface area contributed by atoms with Crippen LogP contribution in [-0.4, -0.2) is 31.2 Å². The van der Waals surface area contributed by atoms with Crippen molar-refractivity contribution in [1.82, 2.24) is 5.32 Å². The van der Waals surface area contributed by atoms with Crippen molar-refractivity contribution in [3.05, 3.63) is 0 Å². The maximum absolute atomic E-state index is 11.8. The van der Waals surface area contributed by atoms with Gasteiger partial charge >= 0.3 is 0 Å². The topological polar surface area (TPSA) is 64.3 Å². The fraction of sp³-hybridized carbons (Fsp3) is 0.909. The summed E-state index contributed by atoms with van der Waals surface area (Å²) in [6.45, 7) is 1.40. The predicted octanol–water partition coefficient (Wildman–Crippen LogP) is 0.831. The number of carbonyl (C=O) groups is 1. The highest BCUT2D eigenvalue weighted by Gasteiger charge is 2.31. The third-order valence-electron chi connectivity index (χ3n) is 3.51. The Labute approximate surface area is 103 Å². The molecule has 0 aromatic carbocycles. The molecule has 3 N–H and O–H groups in total. The quantitative estimate of drug-likeness (QED) is 0.778. The molecule has 16 heavy (non-hydrogen) atoms. The monoisotopic (exact) mass is 248 g/mol. The molecule has 3 unspecified atom stereocenters. The number of ether oxygens (including phenoxy) is 1. The summed E-state index contributed by atoms with van der Waals surface area (Å²) in [6.07, 6.45) is 5.06. The van der Waals surface area contributed by atoms with Crippen molar-refractivity contribution in [3.8, 4) is 0 Å². The Morgan fingerprint density at radius 1 is 1.31 bits per heavy atom. The molecule has 1 saturated carbocycles. The minimum Gasteiger partial charge on any atom is -0.368 e. The van der Waals surface area contributed by atoms with Crippen LogP contribution in [0.25, 0.3) is 0 Å². The molecule has 1 amide bonds.